The van der Waals surface area contributed by atoms with Gasteiger partial charge in [0.25, 0.3) is 5.91 Å². The van der Waals surface area contributed by atoms with Gasteiger partial charge < -0.3 is 9.47 Å². The minimum absolute atomic E-state index is 0.206. The first-order valence-corrected chi connectivity index (χ1v) is 8.20. The average molecular weight is 340 g/mol. The standard InChI is InChI=1S/C18H16N2O3S/c1-22-15-9-7-13(8-10-15)17(21)20-18-19-14(12-24-18)11-23-16-5-3-2-4-6-16/h2-10,12H,11H2,1H3,(H,19,20,21). The number of nitrogens with one attached hydrogen (secondary N) is 1. The van der Waals surface area contributed by atoms with Crippen molar-refractivity contribution in [1.82, 2.24) is 4.98 Å². The molecule has 3 rings (SSSR count). The van der Waals surface area contributed by atoms with E-state index in [0.717, 1.165) is 11.4 Å². The summed E-state index contributed by atoms with van der Waals surface area (Å²) in [5.74, 6) is 1.29. The first kappa shape index (κ1) is 16.0. The summed E-state index contributed by atoms with van der Waals surface area (Å²) in [5.41, 5.74) is 1.32. The van der Waals surface area contributed by atoms with Crippen LogP contribution in [0.3, 0.4) is 0 Å². The fraction of sp³-hybridized carbons (Fsp3) is 0.111. The fourth-order valence-electron chi connectivity index (χ4n) is 2.02. The van der Waals surface area contributed by atoms with Crippen LogP contribution in [-0.4, -0.2) is 18.0 Å². The van der Waals surface area contributed by atoms with Crippen LogP contribution in [0.15, 0.2) is 60.0 Å². The number of rotatable bonds is 6. The number of para-hydroxylation sites is 1. The van der Waals surface area contributed by atoms with Crippen LogP contribution < -0.4 is 14.8 Å². The van der Waals surface area contributed by atoms with Crippen LogP contribution in [0.2, 0.25) is 0 Å². The lowest BCUT2D eigenvalue weighted by molar-refractivity contribution is 0.102. The zero-order valence-electron chi connectivity index (χ0n) is 13.1. The van der Waals surface area contributed by atoms with Crippen LogP contribution in [0.5, 0.6) is 11.5 Å². The lowest BCUT2D eigenvalue weighted by Gasteiger charge is -2.04. The Morgan fingerprint density at radius 2 is 1.83 bits per heavy atom. The Kier molecular flexibility index (Phi) is 5.08. The van der Waals surface area contributed by atoms with E-state index in [1.165, 1.54) is 11.3 Å². The molecule has 0 aliphatic heterocycles. The molecule has 24 heavy (non-hydrogen) atoms. The smallest absolute Gasteiger partial charge is 0.257 e. The van der Waals surface area contributed by atoms with Crippen molar-refractivity contribution < 1.29 is 14.3 Å². The Balaban J connectivity index is 1.57. The van der Waals surface area contributed by atoms with Gasteiger partial charge in [0.1, 0.15) is 18.1 Å². The Morgan fingerprint density at radius 1 is 1.08 bits per heavy atom. The summed E-state index contributed by atoms with van der Waals surface area (Å²) in [6, 6.07) is 16.4. The summed E-state index contributed by atoms with van der Waals surface area (Å²) in [7, 11) is 1.59. The quantitative estimate of drug-likeness (QED) is 0.737. The number of aromatic nitrogens is 1. The van der Waals surface area contributed by atoms with Gasteiger partial charge >= 0.3 is 0 Å². The summed E-state index contributed by atoms with van der Waals surface area (Å²) in [4.78, 5) is 16.5. The van der Waals surface area contributed by atoms with Gasteiger partial charge in [0.2, 0.25) is 0 Å². The van der Waals surface area contributed by atoms with Gasteiger partial charge in [-0.05, 0) is 36.4 Å². The summed E-state index contributed by atoms with van der Waals surface area (Å²) >= 11 is 1.37. The molecule has 0 atom stereocenters. The molecule has 2 aromatic carbocycles. The van der Waals surface area contributed by atoms with E-state index in [1.54, 1.807) is 31.4 Å². The fourth-order valence-corrected chi connectivity index (χ4v) is 2.71. The first-order chi connectivity index (χ1) is 11.7. The number of carbonyl (C=O) groups is 1. The summed E-state index contributed by atoms with van der Waals surface area (Å²) in [6.07, 6.45) is 0. The molecule has 0 aliphatic rings. The highest BCUT2D eigenvalue weighted by atomic mass is 32.1. The highest BCUT2D eigenvalue weighted by molar-refractivity contribution is 7.13. The first-order valence-electron chi connectivity index (χ1n) is 7.32. The van der Waals surface area contributed by atoms with Crippen LogP contribution in [0.1, 0.15) is 16.1 Å². The van der Waals surface area contributed by atoms with Gasteiger partial charge in [0.15, 0.2) is 5.13 Å². The topological polar surface area (TPSA) is 60.5 Å². The molecule has 0 unspecified atom stereocenters. The molecule has 1 amide bonds. The number of ether oxygens (including phenoxy) is 2. The molecule has 3 aromatic rings. The molecule has 0 fully saturated rings. The maximum Gasteiger partial charge on any atom is 0.257 e. The molecular weight excluding hydrogens is 324 g/mol. The van der Waals surface area contributed by atoms with Crippen LogP contribution >= 0.6 is 11.3 Å². The van der Waals surface area contributed by atoms with Gasteiger partial charge in [-0.3, -0.25) is 10.1 Å². The van der Waals surface area contributed by atoms with Crippen LogP contribution in [0.25, 0.3) is 0 Å². The highest BCUT2D eigenvalue weighted by Gasteiger charge is 2.09. The number of benzene rings is 2. The van der Waals surface area contributed by atoms with E-state index in [2.05, 4.69) is 10.3 Å². The van der Waals surface area contributed by atoms with Gasteiger partial charge in [-0.25, -0.2) is 4.98 Å². The van der Waals surface area contributed by atoms with Gasteiger partial charge in [-0.15, -0.1) is 11.3 Å². The number of thiazole rings is 1. The van der Waals surface area contributed by atoms with Gasteiger partial charge in [0.05, 0.1) is 12.8 Å². The van der Waals surface area contributed by atoms with Crippen molar-refractivity contribution in [2.75, 3.05) is 12.4 Å². The van der Waals surface area contributed by atoms with Crippen LogP contribution in [0, 0.1) is 0 Å². The van der Waals surface area contributed by atoms with Crippen LogP contribution in [-0.2, 0) is 6.61 Å². The number of anilines is 1. The Labute approximate surface area is 143 Å². The average Bonchev–Trinajstić information content (AvgIpc) is 3.08. The van der Waals surface area contributed by atoms with Gasteiger partial charge in [-0.1, -0.05) is 18.2 Å². The second kappa shape index (κ2) is 7.61. The molecule has 1 heterocycles. The lowest BCUT2D eigenvalue weighted by atomic mass is 10.2. The largest absolute Gasteiger partial charge is 0.497 e. The molecule has 0 aliphatic carbocycles. The predicted octanol–water partition coefficient (Wildman–Crippen LogP) is 3.98. The van der Waals surface area contributed by atoms with Crippen molar-refractivity contribution in [3.63, 3.8) is 0 Å². The molecule has 0 saturated carbocycles. The third-order valence-corrected chi connectivity index (χ3v) is 4.06. The van der Waals surface area contributed by atoms with E-state index in [1.807, 2.05) is 35.7 Å². The lowest BCUT2D eigenvalue weighted by Crippen LogP contribution is -2.11. The van der Waals surface area contributed by atoms with Gasteiger partial charge in [-0.2, -0.15) is 0 Å². The monoisotopic (exact) mass is 340 g/mol. The van der Waals surface area contributed by atoms with E-state index in [9.17, 15) is 4.79 Å². The second-order valence-corrected chi connectivity index (χ2v) is 5.79. The summed E-state index contributed by atoms with van der Waals surface area (Å²) < 4.78 is 10.7. The Morgan fingerprint density at radius 3 is 2.54 bits per heavy atom. The number of hydrogen-bond donors (Lipinski definition) is 1. The molecule has 122 valence electrons. The van der Waals surface area contributed by atoms with E-state index >= 15 is 0 Å². The third kappa shape index (κ3) is 4.11. The zero-order valence-corrected chi connectivity index (χ0v) is 13.9. The van der Waals surface area contributed by atoms with Crippen molar-refractivity contribution in [3.8, 4) is 11.5 Å². The number of carbonyl (C=O) groups excluding carboxylic acids is 1. The van der Waals surface area contributed by atoms with Crippen molar-refractivity contribution in [1.29, 1.82) is 0 Å². The Hall–Kier alpha value is -2.86. The number of nitrogens with zero attached hydrogens (tertiary/aromatic N) is 1. The van der Waals surface area contributed by atoms with Crippen molar-refractivity contribution in [2.24, 2.45) is 0 Å². The van der Waals surface area contributed by atoms with Crippen LogP contribution in [0.4, 0.5) is 5.13 Å². The van der Waals surface area contributed by atoms with E-state index in [-0.39, 0.29) is 5.91 Å². The Bertz CT molecular complexity index is 801. The number of methoxy groups -OCH3 is 1. The molecular formula is C18H16N2O3S. The molecule has 0 bridgehead atoms. The molecule has 0 radical (unpaired) electrons. The maximum atomic E-state index is 12.2. The predicted molar refractivity (Wildman–Crippen MR) is 93.8 cm³/mol. The number of hydrogen-bond acceptors (Lipinski definition) is 5. The van der Waals surface area contributed by atoms with E-state index in [0.29, 0.717) is 23.1 Å². The second-order valence-electron chi connectivity index (χ2n) is 4.93. The normalized spacial score (nSPS) is 10.2. The van der Waals surface area contributed by atoms with Gasteiger partial charge in [0, 0.05) is 10.9 Å². The maximum absolute atomic E-state index is 12.2. The van der Waals surface area contributed by atoms with Crippen molar-refractivity contribution in [2.45, 2.75) is 6.61 Å². The summed E-state index contributed by atoms with van der Waals surface area (Å²) in [6.45, 7) is 0.360. The third-order valence-electron chi connectivity index (χ3n) is 3.25. The molecule has 0 saturated heterocycles. The molecule has 6 heteroatoms. The molecule has 1 aromatic heterocycles. The van der Waals surface area contributed by atoms with Crippen molar-refractivity contribution >= 4 is 22.4 Å². The highest BCUT2D eigenvalue weighted by Crippen LogP contribution is 2.19. The number of amides is 1. The molecule has 0 spiro atoms. The summed E-state index contributed by atoms with van der Waals surface area (Å²) in [5, 5.41) is 5.20. The van der Waals surface area contributed by atoms with Crippen molar-refractivity contribution in [3.05, 3.63) is 71.2 Å². The minimum Gasteiger partial charge on any atom is -0.497 e. The zero-order chi connectivity index (χ0) is 16.8. The minimum atomic E-state index is -0.206. The van der Waals surface area contributed by atoms with E-state index < -0.39 is 0 Å². The molecule has 5 nitrogen and oxygen atoms in total. The molecule has 1 N–H and O–H groups in total. The SMILES string of the molecule is COc1ccc(C(=O)Nc2nc(COc3ccccc3)cs2)cc1. The van der Waals surface area contributed by atoms with E-state index in [4.69, 9.17) is 9.47 Å².